The normalized spacial score (nSPS) is 13.9. The molecule has 0 radical (unpaired) electrons. The van der Waals surface area contributed by atoms with Gasteiger partial charge in [0.05, 0.1) is 24.1 Å². The van der Waals surface area contributed by atoms with Crippen LogP contribution in [-0.2, 0) is 37.4 Å². The summed E-state index contributed by atoms with van der Waals surface area (Å²) < 4.78 is 4.12. The van der Waals surface area contributed by atoms with E-state index in [0.29, 0.717) is 18.9 Å². The molecular weight excluding hydrogens is 340 g/mol. The molecule has 0 fully saturated rings. The van der Waals surface area contributed by atoms with Crippen LogP contribution in [0.4, 0.5) is 0 Å². The van der Waals surface area contributed by atoms with Gasteiger partial charge in [0.2, 0.25) is 5.91 Å². The molecule has 2 aromatic heterocycles. The molecule has 3 rings (SSSR count). The maximum Gasteiger partial charge on any atom is 0.222 e. The number of amides is 1. The first-order valence-electron chi connectivity index (χ1n) is 9.88. The van der Waals surface area contributed by atoms with Crippen LogP contribution in [0.1, 0.15) is 48.5 Å². The first-order valence-corrected chi connectivity index (χ1v) is 9.88. The summed E-state index contributed by atoms with van der Waals surface area (Å²) in [6, 6.07) is 0. The van der Waals surface area contributed by atoms with Crippen molar-refractivity contribution in [1.29, 1.82) is 0 Å². The predicted molar refractivity (Wildman–Crippen MR) is 105 cm³/mol. The van der Waals surface area contributed by atoms with E-state index in [0.717, 1.165) is 43.9 Å². The van der Waals surface area contributed by atoms with Gasteiger partial charge in [0.15, 0.2) is 0 Å². The zero-order chi connectivity index (χ0) is 19.6. The van der Waals surface area contributed by atoms with Crippen LogP contribution in [0.25, 0.3) is 0 Å². The Bertz CT molecular complexity index is 804. The van der Waals surface area contributed by atoms with Gasteiger partial charge in [0.25, 0.3) is 0 Å². The van der Waals surface area contributed by atoms with E-state index in [1.165, 1.54) is 17.0 Å². The Morgan fingerprint density at radius 3 is 2.89 bits per heavy atom. The van der Waals surface area contributed by atoms with Gasteiger partial charge in [0.1, 0.15) is 0 Å². The second kappa shape index (κ2) is 8.25. The Kier molecular flexibility index (Phi) is 5.99. The van der Waals surface area contributed by atoms with Gasteiger partial charge in [-0.1, -0.05) is 13.8 Å². The fourth-order valence-electron chi connectivity index (χ4n) is 3.76. The summed E-state index contributed by atoms with van der Waals surface area (Å²) in [6.07, 6.45) is 3.15. The molecule has 0 saturated heterocycles. The van der Waals surface area contributed by atoms with Gasteiger partial charge in [-0.15, -0.1) is 0 Å². The first kappa shape index (κ1) is 19.6. The molecule has 0 aromatic carbocycles. The number of nitrogens with one attached hydrogen (secondary N) is 1. The molecule has 0 atom stereocenters. The van der Waals surface area contributed by atoms with Gasteiger partial charge in [-0.3, -0.25) is 14.2 Å². The standard InChI is InChI=1S/C20H32N6O/c1-14(2)12-26-16(4)18(15(3)23-26)6-7-20(27)24(5)13-17-10-22-25-9-8-21-11-19(17)25/h10,14,21H,6-9,11-13H2,1-5H3. The van der Waals surface area contributed by atoms with Crippen molar-refractivity contribution in [3.05, 3.63) is 34.4 Å². The van der Waals surface area contributed by atoms with Crippen molar-refractivity contribution in [3.63, 3.8) is 0 Å². The van der Waals surface area contributed by atoms with E-state index < -0.39 is 0 Å². The van der Waals surface area contributed by atoms with Gasteiger partial charge in [-0.25, -0.2) is 0 Å². The van der Waals surface area contributed by atoms with Gasteiger partial charge in [-0.2, -0.15) is 10.2 Å². The molecule has 1 N–H and O–H groups in total. The molecule has 3 heterocycles. The minimum Gasteiger partial charge on any atom is -0.341 e. The number of aromatic nitrogens is 4. The molecular formula is C20H32N6O. The lowest BCUT2D eigenvalue weighted by Gasteiger charge is -2.20. The first-order chi connectivity index (χ1) is 12.9. The molecule has 27 heavy (non-hydrogen) atoms. The van der Waals surface area contributed by atoms with E-state index in [-0.39, 0.29) is 5.91 Å². The number of rotatable bonds is 7. The summed E-state index contributed by atoms with van der Waals surface area (Å²) in [4.78, 5) is 14.5. The highest BCUT2D eigenvalue weighted by atomic mass is 16.2. The number of aryl methyl sites for hydroxylation is 1. The van der Waals surface area contributed by atoms with Crippen molar-refractivity contribution < 1.29 is 4.79 Å². The fraction of sp³-hybridized carbons (Fsp3) is 0.650. The number of nitrogens with zero attached hydrogens (tertiary/aromatic N) is 5. The summed E-state index contributed by atoms with van der Waals surface area (Å²) in [6.45, 7) is 12.7. The van der Waals surface area contributed by atoms with Crippen LogP contribution in [0.2, 0.25) is 0 Å². The van der Waals surface area contributed by atoms with E-state index in [2.05, 4.69) is 41.0 Å². The lowest BCUT2D eigenvalue weighted by atomic mass is 10.1. The lowest BCUT2D eigenvalue weighted by molar-refractivity contribution is -0.130. The highest BCUT2D eigenvalue weighted by molar-refractivity contribution is 5.76. The van der Waals surface area contributed by atoms with Crippen LogP contribution >= 0.6 is 0 Å². The van der Waals surface area contributed by atoms with E-state index in [4.69, 9.17) is 0 Å². The van der Waals surface area contributed by atoms with Crippen LogP contribution in [-0.4, -0.2) is 44.0 Å². The van der Waals surface area contributed by atoms with Crippen molar-refractivity contribution in [3.8, 4) is 0 Å². The highest BCUT2D eigenvalue weighted by Gasteiger charge is 2.19. The van der Waals surface area contributed by atoms with E-state index in [1.54, 1.807) is 0 Å². The number of hydrogen-bond acceptors (Lipinski definition) is 4. The van der Waals surface area contributed by atoms with Crippen LogP contribution in [0.5, 0.6) is 0 Å². The predicted octanol–water partition coefficient (Wildman–Crippen LogP) is 2.05. The largest absolute Gasteiger partial charge is 0.341 e. The van der Waals surface area contributed by atoms with E-state index >= 15 is 0 Å². The molecule has 1 aliphatic rings. The second-order valence-corrected chi connectivity index (χ2v) is 7.99. The SMILES string of the molecule is Cc1nn(CC(C)C)c(C)c1CCC(=O)N(C)Cc1cnn2c1CNCC2. The van der Waals surface area contributed by atoms with Crippen molar-refractivity contribution in [2.45, 2.75) is 66.7 Å². The molecule has 0 bridgehead atoms. The summed E-state index contributed by atoms with van der Waals surface area (Å²) in [7, 11) is 1.88. The summed E-state index contributed by atoms with van der Waals surface area (Å²) >= 11 is 0. The third kappa shape index (κ3) is 4.40. The summed E-state index contributed by atoms with van der Waals surface area (Å²) in [5.74, 6) is 0.717. The van der Waals surface area contributed by atoms with Crippen molar-refractivity contribution in [1.82, 2.24) is 29.8 Å². The fourth-order valence-corrected chi connectivity index (χ4v) is 3.76. The average molecular weight is 373 g/mol. The van der Waals surface area contributed by atoms with Crippen LogP contribution in [0.3, 0.4) is 0 Å². The van der Waals surface area contributed by atoms with Gasteiger partial charge in [-0.05, 0) is 31.7 Å². The van der Waals surface area contributed by atoms with Crippen molar-refractivity contribution >= 4 is 5.91 Å². The Morgan fingerprint density at radius 1 is 1.37 bits per heavy atom. The van der Waals surface area contributed by atoms with Crippen LogP contribution < -0.4 is 5.32 Å². The molecule has 1 amide bonds. The van der Waals surface area contributed by atoms with E-state index in [9.17, 15) is 4.79 Å². The minimum atomic E-state index is 0.161. The number of fused-ring (bicyclic) bond motifs is 1. The monoisotopic (exact) mass is 372 g/mol. The van der Waals surface area contributed by atoms with Gasteiger partial charge in [0, 0.05) is 50.9 Å². The Balaban J connectivity index is 1.59. The second-order valence-electron chi connectivity index (χ2n) is 7.99. The average Bonchev–Trinajstić information content (AvgIpc) is 3.14. The van der Waals surface area contributed by atoms with Crippen LogP contribution in [0, 0.1) is 19.8 Å². The molecule has 148 valence electrons. The van der Waals surface area contributed by atoms with Crippen molar-refractivity contribution in [2.24, 2.45) is 5.92 Å². The number of hydrogen-bond donors (Lipinski definition) is 1. The number of carbonyl (C=O) groups is 1. The molecule has 0 spiro atoms. The Hall–Kier alpha value is -2.15. The van der Waals surface area contributed by atoms with Gasteiger partial charge >= 0.3 is 0 Å². The zero-order valence-corrected chi connectivity index (χ0v) is 17.2. The topological polar surface area (TPSA) is 68.0 Å². The number of carbonyl (C=O) groups excluding carboxylic acids is 1. The highest BCUT2D eigenvalue weighted by Crippen LogP contribution is 2.18. The molecule has 7 nitrogen and oxygen atoms in total. The van der Waals surface area contributed by atoms with Crippen molar-refractivity contribution in [2.75, 3.05) is 13.6 Å². The third-order valence-electron chi connectivity index (χ3n) is 5.32. The Labute approximate surface area is 161 Å². The maximum atomic E-state index is 12.7. The van der Waals surface area contributed by atoms with Crippen LogP contribution in [0.15, 0.2) is 6.20 Å². The zero-order valence-electron chi connectivity index (χ0n) is 17.2. The quantitative estimate of drug-likeness (QED) is 0.808. The molecule has 1 aliphatic heterocycles. The molecule has 7 heteroatoms. The maximum absolute atomic E-state index is 12.7. The minimum absolute atomic E-state index is 0.161. The Morgan fingerprint density at radius 2 is 2.15 bits per heavy atom. The lowest BCUT2D eigenvalue weighted by Crippen LogP contribution is -2.31. The van der Waals surface area contributed by atoms with Gasteiger partial charge < -0.3 is 10.2 Å². The summed E-state index contributed by atoms with van der Waals surface area (Å²) in [5, 5.41) is 12.5. The molecule has 0 unspecified atom stereocenters. The van der Waals surface area contributed by atoms with E-state index in [1.807, 2.05) is 29.7 Å². The molecule has 0 aliphatic carbocycles. The third-order valence-corrected chi connectivity index (χ3v) is 5.32. The molecule has 0 saturated carbocycles. The molecule has 2 aromatic rings. The summed E-state index contributed by atoms with van der Waals surface area (Å²) in [5.41, 5.74) is 5.77. The smallest absolute Gasteiger partial charge is 0.222 e.